The van der Waals surface area contributed by atoms with E-state index in [1.54, 1.807) is 4.90 Å². The van der Waals surface area contributed by atoms with Crippen molar-refractivity contribution in [2.75, 3.05) is 26.2 Å². The van der Waals surface area contributed by atoms with Crippen LogP contribution in [0.5, 0.6) is 0 Å². The van der Waals surface area contributed by atoms with Gasteiger partial charge in [-0.05, 0) is 55.4 Å². The molecule has 2 N–H and O–H groups in total. The third-order valence-electron chi connectivity index (χ3n) is 6.17. The van der Waals surface area contributed by atoms with Crippen molar-refractivity contribution in [2.45, 2.75) is 58.6 Å². The first kappa shape index (κ1) is 27.2. The van der Waals surface area contributed by atoms with Crippen molar-refractivity contribution in [1.29, 1.82) is 5.26 Å². The average Bonchev–Trinajstić information content (AvgIpc) is 2.85. The number of carbonyl (C=O) groups is 2. The molecule has 0 saturated carbocycles. The summed E-state index contributed by atoms with van der Waals surface area (Å²) in [5.41, 5.74) is 3.17. The number of hydrogen-bond acceptors (Lipinski definition) is 5. The molecule has 1 saturated heterocycles. The van der Waals surface area contributed by atoms with Crippen LogP contribution in [-0.2, 0) is 9.53 Å². The second-order valence-corrected chi connectivity index (χ2v) is 10.6. The molecule has 1 fully saturated rings. The molecule has 1 aliphatic rings. The van der Waals surface area contributed by atoms with Crippen LogP contribution in [-0.4, -0.2) is 48.7 Å². The van der Waals surface area contributed by atoms with Gasteiger partial charge in [0.05, 0.1) is 18.0 Å². The van der Waals surface area contributed by atoms with Crippen LogP contribution in [0.3, 0.4) is 0 Å². The zero-order valence-corrected chi connectivity index (χ0v) is 22.0. The first-order valence-electron chi connectivity index (χ1n) is 12.7. The van der Waals surface area contributed by atoms with Crippen molar-refractivity contribution in [3.05, 3.63) is 59.7 Å². The molecule has 2 aromatic rings. The summed E-state index contributed by atoms with van der Waals surface area (Å²) in [6.45, 7) is 11.4. The smallest absolute Gasteiger partial charge is 0.410 e. The van der Waals surface area contributed by atoms with Gasteiger partial charge in [0.25, 0.3) is 0 Å². The molecule has 7 nitrogen and oxygen atoms in total. The lowest BCUT2D eigenvalue weighted by Gasteiger charge is -2.39. The second-order valence-electron chi connectivity index (χ2n) is 10.6. The van der Waals surface area contributed by atoms with Gasteiger partial charge in [-0.1, -0.05) is 62.4 Å². The van der Waals surface area contributed by atoms with Crippen LogP contribution in [0, 0.1) is 17.2 Å². The van der Waals surface area contributed by atoms with E-state index in [0.29, 0.717) is 26.1 Å². The Morgan fingerprint density at radius 2 is 1.89 bits per heavy atom. The van der Waals surface area contributed by atoms with Gasteiger partial charge in [-0.3, -0.25) is 9.69 Å². The molecule has 0 aliphatic carbocycles. The van der Waals surface area contributed by atoms with E-state index in [9.17, 15) is 9.59 Å². The minimum Gasteiger partial charge on any atom is -0.444 e. The Labute approximate surface area is 214 Å². The van der Waals surface area contributed by atoms with Gasteiger partial charge in [-0.15, -0.1) is 0 Å². The quantitative estimate of drug-likeness (QED) is 0.533. The van der Waals surface area contributed by atoms with Crippen molar-refractivity contribution in [1.82, 2.24) is 15.5 Å². The molecule has 36 heavy (non-hydrogen) atoms. The van der Waals surface area contributed by atoms with Gasteiger partial charge in [-0.2, -0.15) is 5.26 Å². The van der Waals surface area contributed by atoms with E-state index in [1.165, 1.54) is 0 Å². The minimum atomic E-state index is -0.613. The number of piperazine rings is 1. The summed E-state index contributed by atoms with van der Waals surface area (Å²) in [5, 5.41) is 15.3. The highest BCUT2D eigenvalue weighted by Gasteiger charge is 2.36. The Morgan fingerprint density at radius 3 is 2.53 bits per heavy atom. The van der Waals surface area contributed by atoms with E-state index in [0.717, 1.165) is 22.3 Å². The van der Waals surface area contributed by atoms with Gasteiger partial charge in [0, 0.05) is 19.6 Å². The SMILES string of the molecule is CC(C)CC(C(=O)NCC#N)c1c(-c2ccccc2)cccc1C1CNCCN1C(=O)OC(C)(C)C. The monoisotopic (exact) mass is 490 g/mol. The van der Waals surface area contributed by atoms with Crippen LogP contribution < -0.4 is 10.6 Å². The Kier molecular flexibility index (Phi) is 9.11. The summed E-state index contributed by atoms with van der Waals surface area (Å²) in [6, 6.07) is 17.7. The number of nitrogens with zero attached hydrogens (tertiary/aromatic N) is 2. The standard InChI is InChI=1S/C29H38N4O3/c1-20(2)18-24(27(34)32-15-14-30)26-22(21-10-7-6-8-11-21)12-9-13-23(26)25-19-31-16-17-33(25)28(35)36-29(3,4)5/h6-13,20,24-25,31H,15-19H2,1-5H3,(H,32,34). The molecule has 2 atom stereocenters. The highest BCUT2D eigenvalue weighted by molar-refractivity contribution is 5.88. The predicted octanol–water partition coefficient (Wildman–Crippen LogP) is 5.00. The van der Waals surface area contributed by atoms with Gasteiger partial charge in [-0.25, -0.2) is 4.79 Å². The molecule has 0 radical (unpaired) electrons. The van der Waals surface area contributed by atoms with Crippen LogP contribution in [0.4, 0.5) is 4.79 Å². The summed E-state index contributed by atoms with van der Waals surface area (Å²) < 4.78 is 5.75. The zero-order chi connectivity index (χ0) is 26.3. The number of benzene rings is 2. The zero-order valence-electron chi connectivity index (χ0n) is 22.0. The molecule has 2 unspecified atom stereocenters. The van der Waals surface area contributed by atoms with Gasteiger partial charge in [0.1, 0.15) is 12.1 Å². The molecule has 2 aromatic carbocycles. The maximum atomic E-state index is 13.5. The number of nitrogens with one attached hydrogen (secondary N) is 2. The van der Waals surface area contributed by atoms with Crippen LogP contribution in [0.25, 0.3) is 11.1 Å². The molecule has 192 valence electrons. The fraction of sp³-hybridized carbons (Fsp3) is 0.483. The highest BCUT2D eigenvalue weighted by atomic mass is 16.6. The first-order valence-corrected chi connectivity index (χ1v) is 12.7. The van der Waals surface area contributed by atoms with E-state index in [4.69, 9.17) is 10.00 Å². The molecule has 0 bridgehead atoms. The number of amides is 2. The fourth-order valence-corrected chi connectivity index (χ4v) is 4.73. The van der Waals surface area contributed by atoms with E-state index < -0.39 is 11.5 Å². The third-order valence-corrected chi connectivity index (χ3v) is 6.17. The molecule has 2 amide bonds. The van der Waals surface area contributed by atoms with Crippen molar-refractivity contribution >= 4 is 12.0 Å². The Hall–Kier alpha value is -3.37. The molecule has 7 heteroatoms. The lowest BCUT2D eigenvalue weighted by molar-refractivity contribution is -0.122. The number of hydrogen-bond donors (Lipinski definition) is 2. The normalized spacial score (nSPS) is 16.8. The van der Waals surface area contributed by atoms with Crippen LogP contribution in [0.2, 0.25) is 0 Å². The molecule has 0 spiro atoms. The number of ether oxygens (including phenoxy) is 1. The fourth-order valence-electron chi connectivity index (χ4n) is 4.73. The second kappa shape index (κ2) is 12.0. The van der Waals surface area contributed by atoms with Crippen LogP contribution in [0.15, 0.2) is 48.5 Å². The molecule has 0 aromatic heterocycles. The van der Waals surface area contributed by atoms with E-state index in [2.05, 4.69) is 24.5 Å². The maximum absolute atomic E-state index is 13.5. The highest BCUT2D eigenvalue weighted by Crippen LogP contribution is 2.40. The molecule has 3 rings (SSSR count). The van der Waals surface area contributed by atoms with Gasteiger partial charge >= 0.3 is 6.09 Å². The first-order chi connectivity index (χ1) is 17.1. The van der Waals surface area contributed by atoms with E-state index >= 15 is 0 Å². The topological polar surface area (TPSA) is 94.5 Å². The number of nitriles is 1. The molecule has 1 heterocycles. The lowest BCUT2D eigenvalue weighted by Crippen LogP contribution is -2.50. The maximum Gasteiger partial charge on any atom is 0.410 e. The van der Waals surface area contributed by atoms with Crippen molar-refractivity contribution < 1.29 is 14.3 Å². The Bertz CT molecular complexity index is 1090. The van der Waals surface area contributed by atoms with Crippen LogP contribution in [0.1, 0.15) is 64.1 Å². The summed E-state index contributed by atoms with van der Waals surface area (Å²) in [6.07, 6.45) is 0.250. The summed E-state index contributed by atoms with van der Waals surface area (Å²) >= 11 is 0. The van der Waals surface area contributed by atoms with Crippen molar-refractivity contribution in [3.8, 4) is 17.2 Å². The van der Waals surface area contributed by atoms with E-state index in [1.807, 2.05) is 75.4 Å². The van der Waals surface area contributed by atoms with Crippen molar-refractivity contribution in [2.24, 2.45) is 5.92 Å². The minimum absolute atomic E-state index is 0.0503. The van der Waals surface area contributed by atoms with Gasteiger partial charge in [0.2, 0.25) is 5.91 Å². The van der Waals surface area contributed by atoms with Gasteiger partial charge < -0.3 is 15.4 Å². The summed E-state index contributed by atoms with van der Waals surface area (Å²) in [5.74, 6) is -0.416. The molecular formula is C29H38N4O3. The molecule has 1 aliphatic heterocycles. The average molecular weight is 491 g/mol. The Balaban J connectivity index is 2.19. The largest absolute Gasteiger partial charge is 0.444 e. The Morgan fingerprint density at radius 1 is 1.17 bits per heavy atom. The number of carbonyl (C=O) groups excluding carboxylic acids is 2. The number of rotatable bonds is 7. The van der Waals surface area contributed by atoms with Crippen LogP contribution >= 0.6 is 0 Å². The van der Waals surface area contributed by atoms with Gasteiger partial charge in [0.15, 0.2) is 0 Å². The van der Waals surface area contributed by atoms with E-state index in [-0.39, 0.29) is 30.5 Å². The lowest BCUT2D eigenvalue weighted by atomic mass is 9.79. The van der Waals surface area contributed by atoms with Crippen molar-refractivity contribution in [3.63, 3.8) is 0 Å². The predicted molar refractivity (Wildman–Crippen MR) is 141 cm³/mol. The summed E-state index contributed by atoms with van der Waals surface area (Å²) in [7, 11) is 0. The summed E-state index contributed by atoms with van der Waals surface area (Å²) in [4.78, 5) is 28.5. The molecular weight excluding hydrogens is 452 g/mol. The third kappa shape index (κ3) is 6.86.